The molecule has 0 radical (unpaired) electrons. The minimum atomic E-state index is -0.434. The summed E-state index contributed by atoms with van der Waals surface area (Å²) in [6.45, 7) is 0.703. The monoisotopic (exact) mass is 432 g/mol. The van der Waals surface area contributed by atoms with Crippen LogP contribution in [0.4, 0.5) is 9.52 Å². The molecule has 3 heterocycles. The van der Waals surface area contributed by atoms with Crippen LogP contribution in [0, 0.1) is 11.7 Å². The van der Waals surface area contributed by atoms with E-state index in [4.69, 9.17) is 4.42 Å². The number of carbonyl (C=O) groups is 2. The van der Waals surface area contributed by atoms with E-state index in [-0.39, 0.29) is 24.1 Å². The fourth-order valence-corrected chi connectivity index (χ4v) is 4.65. The number of nitrogens with zero attached hydrogens (tertiary/aromatic N) is 3. The molecule has 0 saturated carbocycles. The van der Waals surface area contributed by atoms with Crippen LogP contribution in [0.3, 0.4) is 0 Å². The molecule has 1 N–H and O–H groups in total. The second kappa shape index (κ2) is 8.75. The zero-order valence-electron chi connectivity index (χ0n) is 15.2. The van der Waals surface area contributed by atoms with E-state index in [2.05, 4.69) is 15.5 Å². The third kappa shape index (κ3) is 5.01. The number of anilines is 1. The number of halogens is 1. The van der Waals surface area contributed by atoms with E-state index >= 15 is 0 Å². The van der Waals surface area contributed by atoms with Gasteiger partial charge in [-0.2, -0.15) is 0 Å². The van der Waals surface area contributed by atoms with E-state index < -0.39 is 5.92 Å². The van der Waals surface area contributed by atoms with Crippen LogP contribution in [0.15, 0.2) is 51.4 Å². The standard InChI is InChI=1S/C19H17FN4O3S2/c20-14-5-3-12(4-6-14)11-28-19-23-22-18(29-19)21-17(26)13-8-16(25)24(9-13)10-15-2-1-7-27-15/h1-7,13H,8-11H2,(H,21,22,26)/t13-/m1/s1. The molecular formula is C19H17FN4O3S2. The summed E-state index contributed by atoms with van der Waals surface area (Å²) in [5.41, 5.74) is 0.971. The Hall–Kier alpha value is -2.72. The largest absolute Gasteiger partial charge is 0.467 e. The number of furan rings is 1. The minimum Gasteiger partial charge on any atom is -0.467 e. The van der Waals surface area contributed by atoms with Gasteiger partial charge >= 0.3 is 0 Å². The lowest BCUT2D eigenvalue weighted by atomic mass is 10.1. The zero-order valence-corrected chi connectivity index (χ0v) is 16.8. The van der Waals surface area contributed by atoms with Crippen molar-refractivity contribution in [2.45, 2.75) is 23.1 Å². The van der Waals surface area contributed by atoms with E-state index in [9.17, 15) is 14.0 Å². The summed E-state index contributed by atoms with van der Waals surface area (Å²) >= 11 is 2.73. The van der Waals surface area contributed by atoms with Crippen LogP contribution in [-0.4, -0.2) is 33.5 Å². The number of likely N-dealkylation sites (tertiary alicyclic amines) is 1. The Kier molecular flexibility index (Phi) is 5.91. The second-order valence-corrected chi connectivity index (χ2v) is 8.73. The molecule has 1 atom stereocenters. The summed E-state index contributed by atoms with van der Waals surface area (Å²) in [5.74, 6) is 0.290. The molecule has 1 saturated heterocycles. The van der Waals surface area contributed by atoms with Crippen LogP contribution in [0.2, 0.25) is 0 Å². The summed E-state index contributed by atoms with van der Waals surface area (Å²) < 4.78 is 18.9. The van der Waals surface area contributed by atoms with Crippen LogP contribution in [0.25, 0.3) is 0 Å². The molecule has 0 bridgehead atoms. The summed E-state index contributed by atoms with van der Waals surface area (Å²) in [4.78, 5) is 26.3. The highest BCUT2D eigenvalue weighted by molar-refractivity contribution is 8.00. The molecule has 2 amide bonds. The van der Waals surface area contributed by atoms with Crippen molar-refractivity contribution in [1.29, 1.82) is 0 Å². The maximum Gasteiger partial charge on any atom is 0.231 e. The number of aromatic nitrogens is 2. The highest BCUT2D eigenvalue weighted by atomic mass is 32.2. The molecule has 1 aliphatic heterocycles. The van der Waals surface area contributed by atoms with Crippen molar-refractivity contribution < 1.29 is 18.4 Å². The third-order valence-corrected chi connectivity index (χ3v) is 6.47. The number of carbonyl (C=O) groups excluding carboxylic acids is 2. The topological polar surface area (TPSA) is 88.3 Å². The highest BCUT2D eigenvalue weighted by Gasteiger charge is 2.35. The Bertz CT molecular complexity index is 991. The van der Waals surface area contributed by atoms with Gasteiger partial charge in [-0.3, -0.25) is 9.59 Å². The molecule has 7 nitrogen and oxygen atoms in total. The minimum absolute atomic E-state index is 0.0747. The first-order chi connectivity index (χ1) is 14.1. The average Bonchev–Trinajstić information content (AvgIpc) is 3.45. The van der Waals surface area contributed by atoms with Crippen molar-refractivity contribution in [3.63, 3.8) is 0 Å². The van der Waals surface area contributed by atoms with Crippen molar-refractivity contribution in [1.82, 2.24) is 15.1 Å². The predicted octanol–water partition coefficient (Wildman–Crippen LogP) is 3.55. The number of thioether (sulfide) groups is 1. The van der Waals surface area contributed by atoms with E-state index in [1.165, 1.54) is 35.2 Å². The third-order valence-electron chi connectivity index (χ3n) is 4.42. The average molecular weight is 433 g/mol. The number of hydrogen-bond donors (Lipinski definition) is 1. The molecule has 1 aliphatic rings. The maximum absolute atomic E-state index is 12.9. The molecule has 0 spiro atoms. The predicted molar refractivity (Wildman–Crippen MR) is 107 cm³/mol. The van der Waals surface area contributed by atoms with Gasteiger partial charge in [-0.1, -0.05) is 35.2 Å². The van der Waals surface area contributed by atoms with Crippen LogP contribution >= 0.6 is 23.1 Å². The molecule has 4 rings (SSSR count). The van der Waals surface area contributed by atoms with Crippen molar-refractivity contribution in [2.75, 3.05) is 11.9 Å². The number of nitrogens with one attached hydrogen (secondary N) is 1. The molecule has 3 aromatic rings. The van der Waals surface area contributed by atoms with E-state index in [1.54, 1.807) is 35.4 Å². The molecular weight excluding hydrogens is 415 g/mol. The van der Waals surface area contributed by atoms with Crippen molar-refractivity contribution in [3.8, 4) is 0 Å². The summed E-state index contributed by atoms with van der Waals surface area (Å²) in [6, 6.07) is 9.84. The van der Waals surface area contributed by atoms with Crippen LogP contribution in [-0.2, 0) is 21.9 Å². The molecule has 29 heavy (non-hydrogen) atoms. The van der Waals surface area contributed by atoms with E-state index in [0.717, 1.165) is 5.56 Å². The van der Waals surface area contributed by atoms with Gasteiger partial charge in [0, 0.05) is 18.7 Å². The Morgan fingerprint density at radius 2 is 2.14 bits per heavy atom. The Labute approximate surface area is 174 Å². The van der Waals surface area contributed by atoms with Gasteiger partial charge in [0.05, 0.1) is 18.7 Å². The lowest BCUT2D eigenvalue weighted by molar-refractivity contribution is -0.128. The maximum atomic E-state index is 12.9. The summed E-state index contributed by atoms with van der Waals surface area (Å²) in [6.07, 6.45) is 1.72. The summed E-state index contributed by atoms with van der Waals surface area (Å²) in [7, 11) is 0. The molecule has 1 fully saturated rings. The van der Waals surface area contributed by atoms with Gasteiger partial charge in [0.1, 0.15) is 11.6 Å². The molecule has 150 valence electrons. The first-order valence-electron chi connectivity index (χ1n) is 8.88. The number of hydrogen-bond acceptors (Lipinski definition) is 7. The van der Waals surface area contributed by atoms with Crippen molar-refractivity contribution in [3.05, 3.63) is 59.8 Å². The fourth-order valence-electron chi connectivity index (χ4n) is 2.94. The Balaban J connectivity index is 1.28. The smallest absolute Gasteiger partial charge is 0.231 e. The Morgan fingerprint density at radius 1 is 1.31 bits per heavy atom. The number of benzene rings is 1. The first kappa shape index (κ1) is 19.6. The fraction of sp³-hybridized carbons (Fsp3) is 0.263. The van der Waals surface area contributed by atoms with Crippen LogP contribution in [0.5, 0.6) is 0 Å². The molecule has 0 unspecified atom stereocenters. The lowest BCUT2D eigenvalue weighted by Gasteiger charge is -2.14. The Morgan fingerprint density at radius 3 is 2.90 bits per heavy atom. The summed E-state index contributed by atoms with van der Waals surface area (Å²) in [5, 5.41) is 11.2. The van der Waals surface area contributed by atoms with Gasteiger partial charge in [0.25, 0.3) is 0 Å². The van der Waals surface area contributed by atoms with Gasteiger partial charge in [-0.05, 0) is 29.8 Å². The van der Waals surface area contributed by atoms with Crippen molar-refractivity contribution >= 4 is 40.0 Å². The van der Waals surface area contributed by atoms with Gasteiger partial charge in [-0.25, -0.2) is 4.39 Å². The SMILES string of the molecule is O=C(Nc1nnc(SCc2ccc(F)cc2)s1)[C@@H]1CC(=O)N(Cc2ccco2)C1. The second-order valence-electron chi connectivity index (χ2n) is 6.53. The number of rotatable bonds is 7. The normalized spacial score (nSPS) is 16.4. The zero-order chi connectivity index (χ0) is 20.2. The number of amides is 2. The highest BCUT2D eigenvalue weighted by Crippen LogP contribution is 2.29. The molecule has 1 aromatic carbocycles. The van der Waals surface area contributed by atoms with Crippen LogP contribution < -0.4 is 5.32 Å². The molecule has 10 heteroatoms. The van der Waals surface area contributed by atoms with Gasteiger partial charge in [0.15, 0.2) is 4.34 Å². The van der Waals surface area contributed by atoms with E-state index in [1.807, 2.05) is 0 Å². The first-order valence-corrected chi connectivity index (χ1v) is 10.7. The van der Waals surface area contributed by atoms with E-state index in [0.29, 0.717) is 34.1 Å². The lowest BCUT2D eigenvalue weighted by Crippen LogP contribution is -2.27. The van der Waals surface area contributed by atoms with Crippen molar-refractivity contribution in [2.24, 2.45) is 5.92 Å². The van der Waals surface area contributed by atoms with Gasteiger partial charge in [0.2, 0.25) is 16.9 Å². The van der Waals surface area contributed by atoms with Gasteiger partial charge in [-0.15, -0.1) is 10.2 Å². The van der Waals surface area contributed by atoms with Crippen LogP contribution in [0.1, 0.15) is 17.7 Å². The molecule has 2 aromatic heterocycles. The quantitative estimate of drug-likeness (QED) is 0.454. The molecule has 0 aliphatic carbocycles. The van der Waals surface area contributed by atoms with Gasteiger partial charge < -0.3 is 14.6 Å².